The number of rotatable bonds is 1. The van der Waals surface area contributed by atoms with Crippen molar-refractivity contribution in [3.63, 3.8) is 0 Å². The molecule has 88 valence electrons. The summed E-state index contributed by atoms with van der Waals surface area (Å²) in [5.41, 5.74) is -0.110. The Balaban J connectivity index is 2.26. The molecule has 2 atom stereocenters. The van der Waals surface area contributed by atoms with E-state index in [9.17, 15) is 9.50 Å². The molecule has 1 heterocycles. The number of hydrogen-bond donors (Lipinski definition) is 1. The summed E-state index contributed by atoms with van der Waals surface area (Å²) in [5, 5.41) is 10.6. The molecule has 1 aromatic rings. The van der Waals surface area contributed by atoms with E-state index in [0.717, 1.165) is 5.56 Å². The predicted octanol–water partition coefficient (Wildman–Crippen LogP) is 2.60. The number of ether oxygens (including phenoxy) is 1. The van der Waals surface area contributed by atoms with E-state index < -0.39 is 5.60 Å². The summed E-state index contributed by atoms with van der Waals surface area (Å²) in [6, 6.07) is 6.08. The van der Waals surface area contributed by atoms with Gasteiger partial charge in [0.25, 0.3) is 0 Å². The fourth-order valence-corrected chi connectivity index (χ4v) is 2.52. The summed E-state index contributed by atoms with van der Waals surface area (Å²) in [6.07, 6.45) is 1.17. The molecule has 2 unspecified atom stereocenters. The summed E-state index contributed by atoms with van der Waals surface area (Å²) in [7, 11) is 0. The lowest BCUT2D eigenvalue weighted by molar-refractivity contribution is -0.135. The maximum atomic E-state index is 12.8. The second kappa shape index (κ2) is 4.15. The molecule has 16 heavy (non-hydrogen) atoms. The molecule has 2 nitrogen and oxygen atoms in total. The average Bonchev–Trinajstić information content (AvgIpc) is 2.16. The van der Waals surface area contributed by atoms with Crippen LogP contribution in [0.4, 0.5) is 4.39 Å². The Bertz CT molecular complexity index is 351. The summed E-state index contributed by atoms with van der Waals surface area (Å²) in [5.74, 6) is -0.277. The minimum atomic E-state index is -0.884. The first-order valence-electron chi connectivity index (χ1n) is 5.63. The SMILES string of the molecule is CC1CC(O)(c2ccc(F)cc2)CC(C)O1. The molecule has 0 spiro atoms. The number of halogens is 1. The molecule has 1 saturated heterocycles. The fraction of sp³-hybridized carbons (Fsp3) is 0.538. The molecule has 0 bridgehead atoms. The molecule has 0 radical (unpaired) electrons. The Morgan fingerprint density at radius 2 is 1.69 bits per heavy atom. The molecule has 1 aliphatic rings. The first kappa shape index (κ1) is 11.6. The first-order chi connectivity index (χ1) is 7.49. The molecule has 3 heteroatoms. The molecule has 0 aromatic heterocycles. The molecular weight excluding hydrogens is 207 g/mol. The molecule has 1 aromatic carbocycles. The van der Waals surface area contributed by atoms with Crippen LogP contribution in [0.15, 0.2) is 24.3 Å². The van der Waals surface area contributed by atoms with Crippen molar-refractivity contribution in [2.24, 2.45) is 0 Å². The van der Waals surface area contributed by atoms with Crippen LogP contribution in [0.3, 0.4) is 0 Å². The van der Waals surface area contributed by atoms with Gasteiger partial charge in [0.15, 0.2) is 0 Å². The van der Waals surface area contributed by atoms with Crippen LogP contribution in [0.1, 0.15) is 32.3 Å². The van der Waals surface area contributed by atoms with Crippen molar-refractivity contribution in [1.29, 1.82) is 0 Å². The summed E-state index contributed by atoms with van der Waals surface area (Å²) in [4.78, 5) is 0. The highest BCUT2D eigenvalue weighted by molar-refractivity contribution is 5.24. The van der Waals surface area contributed by atoms with Crippen LogP contribution < -0.4 is 0 Å². The lowest BCUT2D eigenvalue weighted by Gasteiger charge is -2.39. The zero-order chi connectivity index (χ0) is 11.8. The van der Waals surface area contributed by atoms with E-state index >= 15 is 0 Å². The highest BCUT2D eigenvalue weighted by Gasteiger charge is 2.38. The normalized spacial score (nSPS) is 35.0. The van der Waals surface area contributed by atoms with Crippen LogP contribution in [0, 0.1) is 5.82 Å². The molecule has 1 N–H and O–H groups in total. The minimum absolute atomic E-state index is 0.0267. The summed E-state index contributed by atoms with van der Waals surface area (Å²) < 4.78 is 18.4. The fourth-order valence-electron chi connectivity index (χ4n) is 2.52. The van der Waals surface area contributed by atoms with Gasteiger partial charge in [-0.05, 0) is 31.5 Å². The van der Waals surface area contributed by atoms with Crippen LogP contribution in [-0.2, 0) is 10.3 Å². The van der Waals surface area contributed by atoms with E-state index in [1.165, 1.54) is 12.1 Å². The quantitative estimate of drug-likeness (QED) is 0.794. The van der Waals surface area contributed by atoms with Crippen molar-refractivity contribution in [2.45, 2.75) is 44.5 Å². The smallest absolute Gasteiger partial charge is 0.123 e. The topological polar surface area (TPSA) is 29.5 Å². The van der Waals surface area contributed by atoms with Gasteiger partial charge in [-0.1, -0.05) is 12.1 Å². The van der Waals surface area contributed by atoms with Gasteiger partial charge in [0.2, 0.25) is 0 Å². The number of hydrogen-bond acceptors (Lipinski definition) is 2. The highest BCUT2D eigenvalue weighted by atomic mass is 19.1. The minimum Gasteiger partial charge on any atom is -0.385 e. The van der Waals surface area contributed by atoms with E-state index in [1.807, 2.05) is 13.8 Å². The largest absolute Gasteiger partial charge is 0.385 e. The third-order valence-corrected chi connectivity index (χ3v) is 3.10. The van der Waals surface area contributed by atoms with E-state index in [2.05, 4.69) is 0 Å². The Labute approximate surface area is 95.1 Å². The van der Waals surface area contributed by atoms with Gasteiger partial charge in [0.1, 0.15) is 5.82 Å². The maximum Gasteiger partial charge on any atom is 0.123 e. The molecule has 1 fully saturated rings. The van der Waals surface area contributed by atoms with Crippen LogP contribution in [0.25, 0.3) is 0 Å². The van der Waals surface area contributed by atoms with Crippen LogP contribution in [-0.4, -0.2) is 17.3 Å². The highest BCUT2D eigenvalue weighted by Crippen LogP contribution is 2.37. The Hall–Kier alpha value is -0.930. The summed E-state index contributed by atoms with van der Waals surface area (Å²) >= 11 is 0. The van der Waals surface area contributed by atoms with Crippen molar-refractivity contribution in [3.05, 3.63) is 35.6 Å². The summed E-state index contributed by atoms with van der Waals surface area (Å²) in [6.45, 7) is 3.90. The molecule has 0 amide bonds. The van der Waals surface area contributed by atoms with Crippen molar-refractivity contribution < 1.29 is 14.2 Å². The van der Waals surface area contributed by atoms with Crippen molar-refractivity contribution in [1.82, 2.24) is 0 Å². The average molecular weight is 224 g/mol. The van der Waals surface area contributed by atoms with Crippen molar-refractivity contribution in [2.75, 3.05) is 0 Å². The Morgan fingerprint density at radius 1 is 1.19 bits per heavy atom. The zero-order valence-corrected chi connectivity index (χ0v) is 9.61. The van der Waals surface area contributed by atoms with Crippen LogP contribution in [0.2, 0.25) is 0 Å². The second-order valence-electron chi connectivity index (χ2n) is 4.70. The van der Waals surface area contributed by atoms with Gasteiger partial charge in [-0.15, -0.1) is 0 Å². The predicted molar refractivity (Wildman–Crippen MR) is 59.5 cm³/mol. The van der Waals surface area contributed by atoms with Crippen LogP contribution in [0.5, 0.6) is 0 Å². The third kappa shape index (κ3) is 2.25. The Kier molecular flexibility index (Phi) is 3.00. The van der Waals surface area contributed by atoms with Gasteiger partial charge in [-0.3, -0.25) is 0 Å². The lowest BCUT2D eigenvalue weighted by Crippen LogP contribution is -2.41. The first-order valence-corrected chi connectivity index (χ1v) is 5.63. The van der Waals surface area contributed by atoms with Crippen molar-refractivity contribution >= 4 is 0 Å². The van der Waals surface area contributed by atoms with Gasteiger partial charge in [0, 0.05) is 12.8 Å². The number of aliphatic hydroxyl groups is 1. The Morgan fingerprint density at radius 3 is 2.19 bits per heavy atom. The molecule has 2 rings (SSSR count). The van der Waals surface area contributed by atoms with Crippen LogP contribution >= 0.6 is 0 Å². The van der Waals surface area contributed by atoms with Gasteiger partial charge in [-0.2, -0.15) is 0 Å². The molecule has 0 saturated carbocycles. The molecule has 0 aliphatic carbocycles. The van der Waals surface area contributed by atoms with E-state index in [0.29, 0.717) is 12.8 Å². The van der Waals surface area contributed by atoms with Gasteiger partial charge >= 0.3 is 0 Å². The van der Waals surface area contributed by atoms with E-state index in [-0.39, 0.29) is 18.0 Å². The van der Waals surface area contributed by atoms with Gasteiger partial charge in [-0.25, -0.2) is 4.39 Å². The van der Waals surface area contributed by atoms with Gasteiger partial charge in [0.05, 0.1) is 17.8 Å². The van der Waals surface area contributed by atoms with E-state index in [1.54, 1.807) is 12.1 Å². The maximum absolute atomic E-state index is 12.8. The van der Waals surface area contributed by atoms with Crippen molar-refractivity contribution in [3.8, 4) is 0 Å². The standard InChI is InChI=1S/C13H17FO2/c1-9-7-13(15,8-10(2)16-9)11-3-5-12(14)6-4-11/h3-6,9-10,15H,7-8H2,1-2H3. The second-order valence-corrected chi connectivity index (χ2v) is 4.70. The lowest BCUT2D eigenvalue weighted by atomic mass is 9.82. The number of benzene rings is 1. The molecule has 1 aliphatic heterocycles. The van der Waals surface area contributed by atoms with E-state index in [4.69, 9.17) is 4.74 Å². The zero-order valence-electron chi connectivity index (χ0n) is 9.61. The monoisotopic (exact) mass is 224 g/mol. The van der Waals surface area contributed by atoms with Gasteiger partial charge < -0.3 is 9.84 Å². The third-order valence-electron chi connectivity index (χ3n) is 3.10. The molecular formula is C13H17FO2.